The predicted octanol–water partition coefficient (Wildman–Crippen LogP) is 5.05. The molecule has 1 aromatic heterocycles. The summed E-state index contributed by atoms with van der Waals surface area (Å²) >= 11 is 0. The highest BCUT2D eigenvalue weighted by molar-refractivity contribution is 5.26. The number of rotatable bonds is 7. The fraction of sp³-hybridized carbons (Fsp3) is 0.565. The molecule has 154 valence electrons. The third-order valence-electron chi connectivity index (χ3n) is 6.34. The fourth-order valence-corrected chi connectivity index (χ4v) is 4.92. The van der Waals surface area contributed by atoms with Crippen molar-refractivity contribution in [1.82, 2.24) is 9.63 Å². The maximum Gasteiger partial charge on any atom is 0.194 e. The van der Waals surface area contributed by atoms with Gasteiger partial charge >= 0.3 is 0 Å². The van der Waals surface area contributed by atoms with Gasteiger partial charge in [-0.15, -0.1) is 0 Å². The minimum atomic E-state index is -0.227. The monoisotopic (exact) mass is 386 g/mol. The molecule has 1 unspecified atom stereocenters. The summed E-state index contributed by atoms with van der Waals surface area (Å²) in [6.45, 7) is 9.42. The van der Waals surface area contributed by atoms with Crippen LogP contribution in [0, 0.1) is 0 Å². The van der Waals surface area contributed by atoms with Gasteiger partial charge < -0.3 is 10.2 Å². The normalized spacial score (nSPS) is 21.6. The van der Waals surface area contributed by atoms with Gasteiger partial charge in [0.2, 0.25) is 0 Å². The van der Waals surface area contributed by atoms with Crippen molar-refractivity contribution in [1.29, 1.82) is 0 Å². The Morgan fingerprint density at radius 2 is 1.57 bits per heavy atom. The fourth-order valence-electron chi connectivity index (χ4n) is 4.92. The summed E-state index contributed by atoms with van der Waals surface area (Å²) < 4.78 is 1.67. The van der Waals surface area contributed by atoms with Crippen LogP contribution in [0.5, 0.6) is 11.8 Å². The van der Waals surface area contributed by atoms with Gasteiger partial charge in [-0.2, -0.15) is 5.06 Å². The van der Waals surface area contributed by atoms with Crippen LogP contribution in [-0.2, 0) is 11.3 Å². The first-order chi connectivity index (χ1) is 13.3. The minimum absolute atomic E-state index is 0.0267. The summed E-state index contributed by atoms with van der Waals surface area (Å²) in [7, 11) is 0. The molecule has 0 aliphatic carbocycles. The van der Waals surface area contributed by atoms with Crippen molar-refractivity contribution in [2.45, 2.75) is 76.9 Å². The zero-order chi connectivity index (χ0) is 20.4. The van der Waals surface area contributed by atoms with E-state index in [1.165, 1.54) is 5.56 Å². The van der Waals surface area contributed by atoms with Gasteiger partial charge in [0.25, 0.3) is 0 Å². The summed E-state index contributed by atoms with van der Waals surface area (Å²) in [4.78, 5) is 6.43. The number of nitrogens with zero attached hydrogens (tertiary/aromatic N) is 2. The van der Waals surface area contributed by atoms with Crippen molar-refractivity contribution in [2.24, 2.45) is 0 Å². The molecule has 0 spiro atoms. The van der Waals surface area contributed by atoms with Gasteiger partial charge in [-0.25, -0.2) is 0 Å². The first kappa shape index (κ1) is 20.7. The van der Waals surface area contributed by atoms with Gasteiger partial charge in [0.15, 0.2) is 11.8 Å². The average molecular weight is 387 g/mol. The molecule has 5 heteroatoms. The second kappa shape index (κ2) is 8.18. The van der Waals surface area contributed by atoms with Gasteiger partial charge in [0, 0.05) is 29.3 Å². The Labute approximate surface area is 168 Å². The summed E-state index contributed by atoms with van der Waals surface area (Å²) in [5.74, 6) is 0.246. The van der Waals surface area contributed by atoms with E-state index in [-0.39, 0.29) is 28.9 Å². The molecule has 1 aromatic carbocycles. The van der Waals surface area contributed by atoms with Crippen LogP contribution in [0.15, 0.2) is 42.5 Å². The zero-order valence-corrected chi connectivity index (χ0v) is 17.6. The zero-order valence-electron chi connectivity index (χ0n) is 17.6. The molecule has 5 nitrogen and oxygen atoms in total. The lowest BCUT2D eigenvalue weighted by Gasteiger charge is -2.56. The van der Waals surface area contributed by atoms with Crippen molar-refractivity contribution < 1.29 is 15.1 Å². The number of aromatic nitrogens is 1. The largest absolute Gasteiger partial charge is 0.494 e. The number of aromatic hydroxyl groups is 2. The molecular formula is C23H34N2O3. The molecule has 0 radical (unpaired) electrons. The van der Waals surface area contributed by atoms with Gasteiger partial charge in [-0.3, -0.25) is 9.40 Å². The first-order valence-electron chi connectivity index (χ1n) is 10.4. The Morgan fingerprint density at radius 3 is 2.14 bits per heavy atom. The van der Waals surface area contributed by atoms with Gasteiger partial charge in [-0.1, -0.05) is 44.2 Å². The van der Waals surface area contributed by atoms with Crippen LogP contribution in [0.2, 0.25) is 0 Å². The van der Waals surface area contributed by atoms with Crippen molar-refractivity contribution in [2.75, 3.05) is 6.61 Å². The van der Waals surface area contributed by atoms with E-state index < -0.39 is 0 Å². The summed E-state index contributed by atoms with van der Waals surface area (Å²) in [5.41, 5.74) is 0.900. The second-order valence-corrected chi connectivity index (χ2v) is 8.59. The van der Waals surface area contributed by atoms with E-state index in [0.29, 0.717) is 6.61 Å². The Hall–Kier alpha value is -1.98. The van der Waals surface area contributed by atoms with Crippen molar-refractivity contribution >= 4 is 0 Å². The molecule has 0 bridgehead atoms. The molecule has 1 saturated heterocycles. The van der Waals surface area contributed by atoms with Crippen LogP contribution < -0.4 is 0 Å². The molecule has 1 aliphatic heterocycles. The lowest BCUT2D eigenvalue weighted by molar-refractivity contribution is -0.296. The van der Waals surface area contributed by atoms with E-state index in [4.69, 9.17) is 4.84 Å². The SMILES string of the molecule is CCC1(CC)CC(n2c(O)ccc2O)CC(C)(C)N1OCCc1ccccc1. The van der Waals surface area contributed by atoms with Crippen molar-refractivity contribution in [3.8, 4) is 11.8 Å². The van der Waals surface area contributed by atoms with Crippen LogP contribution in [0.3, 0.4) is 0 Å². The molecule has 2 heterocycles. The summed E-state index contributed by atoms with van der Waals surface area (Å²) in [6.07, 6.45) is 4.37. The van der Waals surface area contributed by atoms with E-state index >= 15 is 0 Å². The maximum absolute atomic E-state index is 10.3. The average Bonchev–Trinajstić information content (AvgIpc) is 3.01. The molecule has 0 amide bonds. The molecule has 3 rings (SSSR count). The number of hydrogen-bond acceptors (Lipinski definition) is 4. The second-order valence-electron chi connectivity index (χ2n) is 8.59. The summed E-state index contributed by atoms with van der Waals surface area (Å²) in [5, 5.41) is 22.7. The molecule has 28 heavy (non-hydrogen) atoms. The van der Waals surface area contributed by atoms with E-state index in [1.54, 1.807) is 16.7 Å². The lowest BCUT2D eigenvalue weighted by atomic mass is 9.74. The lowest BCUT2D eigenvalue weighted by Crippen LogP contribution is -2.62. The third-order valence-corrected chi connectivity index (χ3v) is 6.34. The van der Waals surface area contributed by atoms with Gasteiger partial charge in [-0.05, 0) is 51.5 Å². The minimum Gasteiger partial charge on any atom is -0.494 e. The van der Waals surface area contributed by atoms with E-state index in [1.807, 2.05) is 6.07 Å². The van der Waals surface area contributed by atoms with Crippen molar-refractivity contribution in [3.05, 3.63) is 48.0 Å². The Morgan fingerprint density at radius 1 is 0.964 bits per heavy atom. The highest BCUT2D eigenvalue weighted by atomic mass is 16.7. The molecule has 1 fully saturated rings. The van der Waals surface area contributed by atoms with Crippen LogP contribution in [0.25, 0.3) is 0 Å². The number of hydrogen-bond donors (Lipinski definition) is 2. The Bertz CT molecular complexity index is 746. The van der Waals surface area contributed by atoms with Crippen LogP contribution in [0.1, 0.15) is 65.0 Å². The highest BCUT2D eigenvalue weighted by Crippen LogP contribution is 2.49. The predicted molar refractivity (Wildman–Crippen MR) is 111 cm³/mol. The molecule has 2 aromatic rings. The van der Waals surface area contributed by atoms with Crippen molar-refractivity contribution in [3.63, 3.8) is 0 Å². The van der Waals surface area contributed by atoms with E-state index in [9.17, 15) is 10.2 Å². The first-order valence-corrected chi connectivity index (χ1v) is 10.4. The Balaban J connectivity index is 1.81. The van der Waals surface area contributed by atoms with Gasteiger partial charge in [0.1, 0.15) is 0 Å². The van der Waals surface area contributed by atoms with Crippen LogP contribution in [0.4, 0.5) is 0 Å². The van der Waals surface area contributed by atoms with Crippen LogP contribution in [-0.4, -0.2) is 37.5 Å². The van der Waals surface area contributed by atoms with E-state index in [2.05, 4.69) is 57.0 Å². The molecule has 2 N–H and O–H groups in total. The maximum atomic E-state index is 10.3. The smallest absolute Gasteiger partial charge is 0.194 e. The summed E-state index contributed by atoms with van der Waals surface area (Å²) in [6, 6.07) is 13.6. The topological polar surface area (TPSA) is 57.9 Å². The standard InChI is InChI=1S/C23H34N2O3/c1-5-23(6-2)17-19(24-20(26)12-13-21(24)27)16-22(3,4)25(23)28-15-14-18-10-8-7-9-11-18/h7-13,19,26-27H,5-6,14-17H2,1-4H3. The Kier molecular flexibility index (Phi) is 6.06. The molecule has 0 saturated carbocycles. The molecule has 1 aliphatic rings. The molecular weight excluding hydrogens is 352 g/mol. The van der Waals surface area contributed by atoms with Gasteiger partial charge in [0.05, 0.1) is 6.61 Å². The van der Waals surface area contributed by atoms with Crippen LogP contribution >= 0.6 is 0 Å². The van der Waals surface area contributed by atoms with E-state index in [0.717, 1.165) is 32.1 Å². The molecule has 1 atom stereocenters. The number of piperidine rings is 1. The highest BCUT2D eigenvalue weighted by Gasteiger charge is 2.50. The quantitative estimate of drug-likeness (QED) is 0.699. The number of hydroxylamine groups is 2. The third kappa shape index (κ3) is 3.91. The number of benzene rings is 1.